The van der Waals surface area contributed by atoms with Gasteiger partial charge in [0.25, 0.3) is 5.91 Å². The lowest BCUT2D eigenvalue weighted by atomic mass is 10.2. The third kappa shape index (κ3) is 3.53. The van der Waals surface area contributed by atoms with Crippen LogP contribution in [-0.2, 0) is 13.6 Å². The number of ether oxygens (including phenoxy) is 1. The number of aryl methyl sites for hydroxylation is 1. The molecule has 1 aliphatic heterocycles. The van der Waals surface area contributed by atoms with Gasteiger partial charge in [0.15, 0.2) is 0 Å². The highest BCUT2D eigenvalue weighted by molar-refractivity contribution is 5.92. The van der Waals surface area contributed by atoms with Crippen molar-refractivity contribution in [1.82, 2.24) is 19.4 Å². The van der Waals surface area contributed by atoms with Crippen molar-refractivity contribution in [2.45, 2.75) is 6.54 Å². The van der Waals surface area contributed by atoms with E-state index in [1.807, 2.05) is 53.2 Å². The first-order valence-electron chi connectivity index (χ1n) is 7.79. The molecule has 0 saturated carbocycles. The molecular weight excluding hydrogens is 292 g/mol. The fourth-order valence-electron chi connectivity index (χ4n) is 2.84. The highest BCUT2D eigenvalue weighted by Gasteiger charge is 2.23. The van der Waals surface area contributed by atoms with Crippen LogP contribution in [0.1, 0.15) is 16.1 Å². The van der Waals surface area contributed by atoms with Crippen molar-refractivity contribution >= 4 is 5.91 Å². The second kappa shape index (κ2) is 6.83. The highest BCUT2D eigenvalue weighted by atomic mass is 16.5. The summed E-state index contributed by atoms with van der Waals surface area (Å²) in [6, 6.07) is 7.69. The second-order valence-electron chi connectivity index (χ2n) is 5.78. The summed E-state index contributed by atoms with van der Waals surface area (Å²) in [5.41, 5.74) is 1.91. The van der Waals surface area contributed by atoms with Crippen LogP contribution in [-0.4, -0.2) is 58.5 Å². The molecule has 0 unspecified atom stereocenters. The zero-order chi connectivity index (χ0) is 16.2. The van der Waals surface area contributed by atoms with Crippen LogP contribution in [0.15, 0.2) is 36.7 Å². The van der Waals surface area contributed by atoms with Gasteiger partial charge in [-0.15, -0.1) is 0 Å². The summed E-state index contributed by atoms with van der Waals surface area (Å²) in [5.74, 6) is 0.745. The molecule has 2 aromatic heterocycles. The van der Waals surface area contributed by atoms with E-state index in [1.54, 1.807) is 7.11 Å². The summed E-state index contributed by atoms with van der Waals surface area (Å²) >= 11 is 0. The van der Waals surface area contributed by atoms with Gasteiger partial charge in [-0.3, -0.25) is 9.69 Å². The van der Waals surface area contributed by atoms with E-state index in [1.165, 1.54) is 0 Å². The lowest BCUT2D eigenvalue weighted by molar-refractivity contribution is 0.0619. The van der Waals surface area contributed by atoms with E-state index in [9.17, 15) is 4.79 Å². The van der Waals surface area contributed by atoms with E-state index in [-0.39, 0.29) is 5.91 Å². The zero-order valence-corrected chi connectivity index (χ0v) is 13.6. The van der Waals surface area contributed by atoms with Crippen LogP contribution in [0.2, 0.25) is 0 Å². The number of hydrogen-bond acceptors (Lipinski definition) is 4. The predicted molar refractivity (Wildman–Crippen MR) is 87.4 cm³/mol. The first-order valence-corrected chi connectivity index (χ1v) is 7.79. The number of amides is 1. The molecule has 23 heavy (non-hydrogen) atoms. The number of piperazine rings is 1. The van der Waals surface area contributed by atoms with E-state index >= 15 is 0 Å². The molecular formula is C17H22N4O2. The van der Waals surface area contributed by atoms with E-state index in [4.69, 9.17) is 4.74 Å². The Morgan fingerprint density at radius 1 is 1.22 bits per heavy atom. The SMILES string of the molecule is COc1ccc(CN2CCN(C(=O)c3cccn3C)CC2)cn1. The van der Waals surface area contributed by atoms with Gasteiger partial charge in [0.2, 0.25) is 5.88 Å². The quantitative estimate of drug-likeness (QED) is 0.856. The van der Waals surface area contributed by atoms with Crippen molar-refractivity contribution in [2.24, 2.45) is 7.05 Å². The number of pyridine rings is 1. The highest BCUT2D eigenvalue weighted by Crippen LogP contribution is 2.13. The van der Waals surface area contributed by atoms with Gasteiger partial charge in [-0.05, 0) is 17.7 Å². The molecule has 1 fully saturated rings. The molecule has 0 atom stereocenters. The van der Waals surface area contributed by atoms with Crippen LogP contribution in [0.3, 0.4) is 0 Å². The van der Waals surface area contributed by atoms with Gasteiger partial charge in [0, 0.05) is 58.2 Å². The number of hydrogen-bond donors (Lipinski definition) is 0. The lowest BCUT2D eigenvalue weighted by Crippen LogP contribution is -2.48. The summed E-state index contributed by atoms with van der Waals surface area (Å²) in [4.78, 5) is 21.0. The molecule has 1 aliphatic rings. The summed E-state index contributed by atoms with van der Waals surface area (Å²) < 4.78 is 6.95. The van der Waals surface area contributed by atoms with Crippen LogP contribution >= 0.6 is 0 Å². The standard InChI is InChI=1S/C17H22N4O2/c1-19-7-3-4-15(19)17(22)21-10-8-20(9-11-21)13-14-5-6-16(23-2)18-12-14/h3-7,12H,8-11,13H2,1-2H3. The van der Waals surface area contributed by atoms with Gasteiger partial charge >= 0.3 is 0 Å². The molecule has 0 bridgehead atoms. The molecule has 6 nitrogen and oxygen atoms in total. The van der Waals surface area contributed by atoms with Crippen LogP contribution in [0, 0.1) is 0 Å². The van der Waals surface area contributed by atoms with Crippen LogP contribution in [0.25, 0.3) is 0 Å². The molecule has 3 rings (SSSR count). The van der Waals surface area contributed by atoms with Crippen molar-refractivity contribution in [2.75, 3.05) is 33.3 Å². The third-order valence-electron chi connectivity index (χ3n) is 4.24. The molecule has 122 valence electrons. The molecule has 1 amide bonds. The third-order valence-corrected chi connectivity index (χ3v) is 4.24. The monoisotopic (exact) mass is 314 g/mol. The Morgan fingerprint density at radius 2 is 2.00 bits per heavy atom. The minimum atomic E-state index is 0.114. The van der Waals surface area contributed by atoms with Crippen molar-refractivity contribution in [3.63, 3.8) is 0 Å². The maximum atomic E-state index is 12.5. The first-order chi connectivity index (χ1) is 11.2. The van der Waals surface area contributed by atoms with E-state index in [0.717, 1.165) is 44.0 Å². The molecule has 1 saturated heterocycles. The van der Waals surface area contributed by atoms with E-state index < -0.39 is 0 Å². The molecule has 0 radical (unpaired) electrons. The Kier molecular flexibility index (Phi) is 4.62. The predicted octanol–water partition coefficient (Wildman–Crippen LogP) is 1.39. The van der Waals surface area contributed by atoms with Crippen LogP contribution in [0.4, 0.5) is 0 Å². The summed E-state index contributed by atoms with van der Waals surface area (Å²) in [7, 11) is 3.52. The number of carbonyl (C=O) groups is 1. The number of carbonyl (C=O) groups excluding carboxylic acids is 1. The maximum absolute atomic E-state index is 12.5. The molecule has 3 heterocycles. The van der Waals surface area contributed by atoms with Crippen molar-refractivity contribution in [3.8, 4) is 5.88 Å². The largest absolute Gasteiger partial charge is 0.481 e. The first kappa shape index (κ1) is 15.6. The Labute approximate surface area is 136 Å². The summed E-state index contributed by atoms with van der Waals surface area (Å²) in [6.07, 6.45) is 3.75. The summed E-state index contributed by atoms with van der Waals surface area (Å²) in [6.45, 7) is 4.12. The normalized spacial score (nSPS) is 15.7. The second-order valence-corrected chi connectivity index (χ2v) is 5.78. The van der Waals surface area contributed by atoms with E-state index in [2.05, 4.69) is 9.88 Å². The molecule has 0 aliphatic carbocycles. The number of methoxy groups -OCH3 is 1. The Hall–Kier alpha value is -2.34. The van der Waals surface area contributed by atoms with Gasteiger partial charge in [-0.1, -0.05) is 6.07 Å². The van der Waals surface area contributed by atoms with Crippen molar-refractivity contribution < 1.29 is 9.53 Å². The number of rotatable bonds is 4. The minimum Gasteiger partial charge on any atom is -0.481 e. The maximum Gasteiger partial charge on any atom is 0.270 e. The zero-order valence-electron chi connectivity index (χ0n) is 13.6. The van der Waals surface area contributed by atoms with Gasteiger partial charge in [0.1, 0.15) is 5.69 Å². The molecule has 2 aromatic rings. The smallest absolute Gasteiger partial charge is 0.270 e. The topological polar surface area (TPSA) is 50.6 Å². The average Bonchev–Trinajstić information content (AvgIpc) is 3.02. The average molecular weight is 314 g/mol. The Morgan fingerprint density at radius 3 is 2.57 bits per heavy atom. The van der Waals surface area contributed by atoms with Gasteiger partial charge < -0.3 is 14.2 Å². The molecule has 0 N–H and O–H groups in total. The Bertz CT molecular complexity index is 657. The molecule has 0 aromatic carbocycles. The fraction of sp³-hybridized carbons (Fsp3) is 0.412. The van der Waals surface area contributed by atoms with E-state index in [0.29, 0.717) is 5.88 Å². The van der Waals surface area contributed by atoms with Crippen molar-refractivity contribution in [3.05, 3.63) is 47.9 Å². The number of nitrogens with zero attached hydrogens (tertiary/aromatic N) is 4. The fourth-order valence-corrected chi connectivity index (χ4v) is 2.84. The van der Waals surface area contributed by atoms with Gasteiger partial charge in [-0.25, -0.2) is 4.98 Å². The lowest BCUT2D eigenvalue weighted by Gasteiger charge is -2.34. The minimum absolute atomic E-state index is 0.114. The summed E-state index contributed by atoms with van der Waals surface area (Å²) in [5, 5.41) is 0. The van der Waals surface area contributed by atoms with Crippen molar-refractivity contribution in [1.29, 1.82) is 0 Å². The molecule has 0 spiro atoms. The number of aromatic nitrogens is 2. The van der Waals surface area contributed by atoms with Gasteiger partial charge in [0.05, 0.1) is 7.11 Å². The van der Waals surface area contributed by atoms with Crippen LogP contribution < -0.4 is 4.74 Å². The van der Waals surface area contributed by atoms with Crippen LogP contribution in [0.5, 0.6) is 5.88 Å². The van der Waals surface area contributed by atoms with Gasteiger partial charge in [-0.2, -0.15) is 0 Å². The Balaban J connectivity index is 1.54. The molecule has 6 heteroatoms.